The molecule has 9 nitrogen and oxygen atoms in total. The van der Waals surface area contributed by atoms with Crippen molar-refractivity contribution in [2.75, 3.05) is 0 Å². The Labute approximate surface area is 648 Å². The molecule has 0 radical (unpaired) electrons. The van der Waals surface area contributed by atoms with E-state index < -0.39 is 0 Å². The summed E-state index contributed by atoms with van der Waals surface area (Å²) in [6.07, 6.45) is 0. The lowest BCUT2D eigenvalue weighted by molar-refractivity contribution is 0.669. The number of rotatable bonds is 12. The summed E-state index contributed by atoms with van der Waals surface area (Å²) in [6, 6.07) is 136. The van der Waals surface area contributed by atoms with Gasteiger partial charge in [0.2, 0.25) is 0 Å². The second-order valence-electron chi connectivity index (χ2n) is 28.0. The predicted molar refractivity (Wildman–Crippen MR) is 463 cm³/mol. The van der Waals surface area contributed by atoms with Crippen LogP contribution in [0.1, 0.15) is 0 Å². The molecule has 0 fully saturated rings. The van der Waals surface area contributed by atoms with Gasteiger partial charge in [-0.05, 0) is 112 Å². The molecule has 0 atom stereocenters. The fraction of sp³-hybridized carbons (Fsp3) is 0. The topological polar surface area (TPSA) is 100 Å². The Kier molecular flexibility index (Phi) is 16.2. The van der Waals surface area contributed by atoms with Crippen molar-refractivity contribution >= 4 is 97.1 Å². The number of para-hydroxylation sites is 4. The lowest BCUT2D eigenvalue weighted by atomic mass is 9.98. The molecular weight excluding hydrogens is 1390 g/mol. The maximum absolute atomic E-state index is 6.33. The van der Waals surface area contributed by atoms with E-state index in [1.165, 1.54) is 47.5 Å². The summed E-state index contributed by atoms with van der Waals surface area (Å²) >= 11 is 1.86. The fourth-order valence-corrected chi connectivity index (χ4v) is 17.3. The van der Waals surface area contributed by atoms with Crippen molar-refractivity contribution in [2.45, 2.75) is 0 Å². The van der Waals surface area contributed by atoms with Gasteiger partial charge in [-0.3, -0.25) is 0 Å². The molecule has 0 aliphatic carbocycles. The van der Waals surface area contributed by atoms with Crippen molar-refractivity contribution in [1.29, 1.82) is 0 Å². The summed E-state index contributed by atoms with van der Waals surface area (Å²) in [7, 11) is 0. The lowest BCUT2D eigenvalue weighted by Crippen LogP contribution is -2.05. The third kappa shape index (κ3) is 11.6. The molecule has 0 N–H and O–H groups in total. The minimum Gasteiger partial charge on any atom is -0.456 e. The van der Waals surface area contributed by atoms with Crippen LogP contribution in [0.2, 0.25) is 0 Å². The minimum absolute atomic E-state index is 0.600. The summed E-state index contributed by atoms with van der Waals surface area (Å²) in [5, 5.41) is 9.65. The van der Waals surface area contributed by atoms with Gasteiger partial charge in [0.05, 0.1) is 33.4 Å². The average Bonchev–Trinajstić information content (AvgIpc) is 1.52. The first-order chi connectivity index (χ1) is 55.5. The highest BCUT2D eigenvalue weighted by Crippen LogP contribution is 2.47. The first-order valence-corrected chi connectivity index (χ1v) is 38.4. The van der Waals surface area contributed by atoms with Crippen LogP contribution in [0.3, 0.4) is 0 Å². The van der Waals surface area contributed by atoms with Crippen molar-refractivity contribution in [3.05, 3.63) is 388 Å². The summed E-state index contributed by atoms with van der Waals surface area (Å²) in [5.41, 5.74) is 22.9. The van der Waals surface area contributed by atoms with Crippen molar-refractivity contribution in [3.8, 4) is 124 Å². The Hall–Kier alpha value is -14.8. The number of thiophene rings is 1. The zero-order chi connectivity index (χ0) is 74.0. The van der Waals surface area contributed by atoms with Crippen LogP contribution in [-0.4, -0.2) is 39.0 Å². The smallest absolute Gasteiger partial charge is 0.166 e. The molecule has 0 bridgehead atoms. The molecule has 6 heterocycles. The van der Waals surface area contributed by atoms with E-state index in [2.05, 4.69) is 264 Å². The quantitative estimate of drug-likeness (QED) is 0.120. The van der Waals surface area contributed by atoms with Crippen LogP contribution >= 0.6 is 11.3 Å². The summed E-state index contributed by atoms with van der Waals surface area (Å²) in [6.45, 7) is 0. The number of nitrogens with zero attached hydrogens (tertiary/aromatic N) is 8. The molecule has 524 valence electrons. The number of hydrogen-bond donors (Lipinski definition) is 0. The van der Waals surface area contributed by atoms with E-state index in [-0.39, 0.29) is 0 Å². The number of benzene rings is 16. The van der Waals surface area contributed by atoms with E-state index in [1.807, 2.05) is 145 Å². The maximum Gasteiger partial charge on any atom is 0.166 e. The van der Waals surface area contributed by atoms with Crippen LogP contribution in [0.5, 0.6) is 0 Å². The summed E-state index contributed by atoms with van der Waals surface area (Å²) in [4.78, 5) is 30.6. The number of fused-ring (bicyclic) bond motifs is 12. The third-order valence-electron chi connectivity index (χ3n) is 21.3. The van der Waals surface area contributed by atoms with Crippen molar-refractivity contribution in [1.82, 2.24) is 39.0 Å². The molecule has 0 aliphatic rings. The van der Waals surface area contributed by atoms with Crippen molar-refractivity contribution < 1.29 is 4.42 Å². The molecule has 10 heteroatoms. The molecule has 112 heavy (non-hydrogen) atoms. The first-order valence-electron chi connectivity index (χ1n) is 37.6. The van der Waals surface area contributed by atoms with Gasteiger partial charge in [-0.1, -0.05) is 309 Å². The van der Waals surface area contributed by atoms with Crippen molar-refractivity contribution in [3.63, 3.8) is 0 Å². The largest absolute Gasteiger partial charge is 0.456 e. The van der Waals surface area contributed by atoms with Gasteiger partial charge in [0.15, 0.2) is 34.9 Å². The van der Waals surface area contributed by atoms with Crippen LogP contribution < -0.4 is 0 Å². The van der Waals surface area contributed by atoms with E-state index in [4.69, 9.17) is 34.3 Å². The molecule has 22 aromatic rings. The second kappa shape index (κ2) is 27.7. The van der Waals surface area contributed by atoms with Gasteiger partial charge in [0, 0.05) is 97.0 Å². The summed E-state index contributed by atoms with van der Waals surface area (Å²) in [5.74, 6) is 3.75. The van der Waals surface area contributed by atoms with Crippen LogP contribution in [0.25, 0.3) is 210 Å². The van der Waals surface area contributed by atoms with E-state index in [0.717, 1.165) is 128 Å². The molecule has 22 rings (SSSR count). The van der Waals surface area contributed by atoms with Gasteiger partial charge >= 0.3 is 0 Å². The van der Waals surface area contributed by atoms with Gasteiger partial charge in [-0.15, -0.1) is 11.3 Å². The highest BCUT2D eigenvalue weighted by atomic mass is 32.1. The Balaban J connectivity index is 0.000000141. The van der Waals surface area contributed by atoms with E-state index >= 15 is 0 Å². The van der Waals surface area contributed by atoms with E-state index in [1.54, 1.807) is 0 Å². The van der Waals surface area contributed by atoms with E-state index in [0.29, 0.717) is 34.9 Å². The van der Waals surface area contributed by atoms with Crippen LogP contribution in [-0.2, 0) is 0 Å². The number of hydrogen-bond acceptors (Lipinski definition) is 8. The Bertz CT molecular complexity index is 7210. The van der Waals surface area contributed by atoms with Gasteiger partial charge in [-0.2, -0.15) is 0 Å². The summed E-state index contributed by atoms with van der Waals surface area (Å²) < 4.78 is 13.8. The second-order valence-corrected chi connectivity index (χ2v) is 29.1. The molecule has 0 spiro atoms. The fourth-order valence-electron chi connectivity index (χ4n) is 16.1. The minimum atomic E-state index is 0.600. The lowest BCUT2D eigenvalue weighted by Gasteiger charge is -2.19. The van der Waals surface area contributed by atoms with Gasteiger partial charge in [-0.25, -0.2) is 29.9 Å². The van der Waals surface area contributed by atoms with Crippen LogP contribution in [0.15, 0.2) is 393 Å². The Morgan fingerprint density at radius 1 is 0.205 bits per heavy atom. The molecular formula is C102H64N8OS. The normalized spacial score (nSPS) is 11.6. The SMILES string of the molecule is c1ccc(-c2nc(-c3ccccc3)nc(-c3ccc(-n4c5ccccc5c5c(-c6ccc7c(c6)sc6ccccc67)cccc54)c(-c4ccccc4)c3)n2)cc1.c1ccc(-c2nc(-c3ccccc3)nc(-c3cccc(-c4ccccc4)c3-n3c4ccccc4c4ccc(-c5ccc6c(c5)oc5ccccc56)cc43)n2)cc1. The van der Waals surface area contributed by atoms with Crippen LogP contribution in [0, 0.1) is 0 Å². The maximum atomic E-state index is 6.33. The standard InChI is InChI=1S/C51H32N4O.C51H32N4S/c1-4-15-33(16-5-1)38-23-14-24-43(51-53-49(34-17-6-2-7-18-34)52-50(54-51)35-19-8-3-9-20-35)48(38)55-44-25-12-10-21-39(44)40-29-27-36(31-45(40)55)37-28-30-42-41-22-11-13-26-46(41)56-47(42)32-37;1-4-15-33(16-5-1)42-31-37(51-53-49(34-17-6-2-7-18-34)52-50(54-51)35-19-8-3-9-20-35)28-30-44(42)55-43-24-12-10-22-41(43)48-38(23-14-25-45(48)55)36-27-29-40-39-21-11-13-26-46(39)56-47(40)32-36/h2*1-32H. The predicted octanol–water partition coefficient (Wildman–Crippen LogP) is 26.9. The molecule has 0 unspecified atom stereocenters. The van der Waals surface area contributed by atoms with Gasteiger partial charge in [0.25, 0.3) is 0 Å². The molecule has 6 aromatic heterocycles. The van der Waals surface area contributed by atoms with Gasteiger partial charge in [0.1, 0.15) is 11.2 Å². The molecule has 0 saturated heterocycles. The first kappa shape index (κ1) is 65.5. The Morgan fingerprint density at radius 3 is 1.24 bits per heavy atom. The highest BCUT2D eigenvalue weighted by molar-refractivity contribution is 7.25. The molecule has 16 aromatic carbocycles. The monoisotopic (exact) mass is 1450 g/mol. The van der Waals surface area contributed by atoms with E-state index in [9.17, 15) is 0 Å². The van der Waals surface area contributed by atoms with Crippen LogP contribution in [0.4, 0.5) is 0 Å². The number of furan rings is 1. The Morgan fingerprint density at radius 2 is 0.616 bits per heavy atom. The third-order valence-corrected chi connectivity index (χ3v) is 22.5. The van der Waals surface area contributed by atoms with Crippen molar-refractivity contribution in [2.24, 2.45) is 0 Å². The molecule has 0 saturated carbocycles. The zero-order valence-corrected chi connectivity index (χ0v) is 61.2. The zero-order valence-electron chi connectivity index (χ0n) is 60.3. The average molecular weight is 1450 g/mol. The van der Waals surface area contributed by atoms with Gasteiger partial charge < -0.3 is 13.6 Å². The highest BCUT2D eigenvalue weighted by Gasteiger charge is 2.26. The molecule has 0 aliphatic heterocycles. The molecule has 0 amide bonds. The number of aromatic nitrogens is 8.